The zero-order valence-electron chi connectivity index (χ0n) is 11.1. The van der Waals surface area contributed by atoms with Crippen molar-refractivity contribution in [3.05, 3.63) is 35.4 Å². The second kappa shape index (κ2) is 5.74. The first kappa shape index (κ1) is 15.0. The third kappa shape index (κ3) is 5.54. The monoisotopic (exact) mass is 259 g/mol. The van der Waals surface area contributed by atoms with E-state index in [0.717, 1.165) is 37.1 Å². The summed E-state index contributed by atoms with van der Waals surface area (Å²) in [5.41, 5.74) is 0.443. The lowest BCUT2D eigenvalue weighted by Crippen LogP contribution is -2.36. The van der Waals surface area contributed by atoms with Crippen molar-refractivity contribution in [3.63, 3.8) is 0 Å². The van der Waals surface area contributed by atoms with Crippen LogP contribution < -0.4 is 5.32 Å². The lowest BCUT2D eigenvalue weighted by molar-refractivity contribution is -0.137. The first-order valence-electron chi connectivity index (χ1n) is 6.10. The highest BCUT2D eigenvalue weighted by atomic mass is 19.4. The molecule has 0 aliphatic heterocycles. The van der Waals surface area contributed by atoms with Crippen molar-refractivity contribution < 1.29 is 13.2 Å². The Kier molecular flexibility index (Phi) is 4.79. The number of alkyl halides is 3. The summed E-state index contributed by atoms with van der Waals surface area (Å²) < 4.78 is 37.0. The van der Waals surface area contributed by atoms with E-state index in [-0.39, 0.29) is 5.54 Å². The Hall–Kier alpha value is -1.03. The molecule has 0 fully saturated rings. The predicted molar refractivity (Wildman–Crippen MR) is 67.5 cm³/mol. The number of aryl methyl sites for hydroxylation is 1. The van der Waals surface area contributed by atoms with Crippen LogP contribution in [0.5, 0.6) is 0 Å². The third-order valence-electron chi connectivity index (χ3n) is 2.58. The molecule has 0 aliphatic carbocycles. The smallest absolute Gasteiger partial charge is 0.312 e. The van der Waals surface area contributed by atoms with E-state index in [2.05, 4.69) is 26.1 Å². The second-order valence-corrected chi connectivity index (χ2v) is 5.48. The van der Waals surface area contributed by atoms with Crippen molar-refractivity contribution in [3.8, 4) is 0 Å². The Balaban J connectivity index is 2.41. The number of hydrogen-bond acceptors (Lipinski definition) is 1. The lowest BCUT2D eigenvalue weighted by Gasteiger charge is -2.20. The number of halogens is 3. The molecule has 1 nitrogen and oxygen atoms in total. The molecule has 0 aliphatic rings. The number of benzene rings is 1. The molecule has 0 saturated carbocycles. The molecule has 1 N–H and O–H groups in total. The predicted octanol–water partition coefficient (Wildman–Crippen LogP) is 4.03. The summed E-state index contributed by atoms with van der Waals surface area (Å²) in [6, 6.07) is 5.40. The molecule has 1 aromatic carbocycles. The molecule has 0 heterocycles. The summed E-state index contributed by atoms with van der Waals surface area (Å²) in [5, 5.41) is 3.35. The second-order valence-electron chi connectivity index (χ2n) is 5.48. The first-order valence-corrected chi connectivity index (χ1v) is 6.10. The van der Waals surface area contributed by atoms with E-state index < -0.39 is 11.7 Å². The Bertz CT molecular complexity index is 360. The molecule has 0 aromatic heterocycles. The largest absolute Gasteiger partial charge is 0.416 e. The maximum absolute atomic E-state index is 12.3. The van der Waals surface area contributed by atoms with Gasteiger partial charge in [-0.15, -0.1) is 0 Å². The molecule has 102 valence electrons. The van der Waals surface area contributed by atoms with Gasteiger partial charge in [-0.1, -0.05) is 12.1 Å². The summed E-state index contributed by atoms with van der Waals surface area (Å²) in [7, 11) is 0. The molecule has 0 amide bonds. The minimum absolute atomic E-state index is 0.0835. The molecule has 4 heteroatoms. The van der Waals surface area contributed by atoms with Crippen molar-refractivity contribution in [2.24, 2.45) is 0 Å². The summed E-state index contributed by atoms with van der Waals surface area (Å²) in [6.07, 6.45) is -2.53. The Morgan fingerprint density at radius 1 is 1.00 bits per heavy atom. The molecular formula is C14H20F3N. The molecule has 1 rings (SSSR count). The molecule has 0 unspecified atom stereocenters. The topological polar surface area (TPSA) is 12.0 Å². The van der Waals surface area contributed by atoms with E-state index in [1.165, 1.54) is 0 Å². The van der Waals surface area contributed by atoms with Crippen molar-refractivity contribution in [2.45, 2.75) is 45.3 Å². The third-order valence-corrected chi connectivity index (χ3v) is 2.58. The van der Waals surface area contributed by atoms with Gasteiger partial charge in [-0.05, 0) is 57.9 Å². The minimum Gasteiger partial charge on any atom is -0.312 e. The van der Waals surface area contributed by atoms with Crippen LogP contribution >= 0.6 is 0 Å². The van der Waals surface area contributed by atoms with Gasteiger partial charge in [-0.25, -0.2) is 0 Å². The van der Waals surface area contributed by atoms with Gasteiger partial charge in [0.25, 0.3) is 0 Å². The van der Waals surface area contributed by atoms with Crippen LogP contribution in [0.15, 0.2) is 24.3 Å². The van der Waals surface area contributed by atoms with Crippen LogP contribution in [-0.2, 0) is 12.6 Å². The van der Waals surface area contributed by atoms with Gasteiger partial charge >= 0.3 is 6.18 Å². The van der Waals surface area contributed by atoms with Gasteiger partial charge in [-0.3, -0.25) is 0 Å². The molecule has 1 aromatic rings. The molecule has 18 heavy (non-hydrogen) atoms. The fourth-order valence-corrected chi connectivity index (χ4v) is 1.62. The molecule has 0 radical (unpaired) electrons. The Labute approximate surface area is 106 Å². The summed E-state index contributed by atoms with van der Waals surface area (Å²) in [4.78, 5) is 0. The van der Waals surface area contributed by atoms with Gasteiger partial charge in [0.15, 0.2) is 0 Å². The van der Waals surface area contributed by atoms with Gasteiger partial charge in [0.1, 0.15) is 0 Å². The lowest BCUT2D eigenvalue weighted by atomic mass is 10.1. The van der Waals surface area contributed by atoms with E-state index in [4.69, 9.17) is 0 Å². The van der Waals surface area contributed by atoms with Crippen LogP contribution in [0.2, 0.25) is 0 Å². The van der Waals surface area contributed by atoms with Crippen LogP contribution in [0.4, 0.5) is 13.2 Å². The first-order chi connectivity index (χ1) is 8.18. The molecule has 0 atom stereocenters. The van der Waals surface area contributed by atoms with Gasteiger partial charge in [0, 0.05) is 5.54 Å². The SMILES string of the molecule is CC(C)(C)NCCCc1ccc(C(F)(F)F)cc1. The molecule has 0 bridgehead atoms. The van der Waals surface area contributed by atoms with Crippen LogP contribution in [0, 0.1) is 0 Å². The highest BCUT2D eigenvalue weighted by molar-refractivity contribution is 5.24. The molecular weight excluding hydrogens is 239 g/mol. The van der Waals surface area contributed by atoms with E-state index in [1.54, 1.807) is 12.1 Å². The van der Waals surface area contributed by atoms with Crippen molar-refractivity contribution in [2.75, 3.05) is 6.54 Å². The zero-order chi connectivity index (χ0) is 13.8. The summed E-state index contributed by atoms with van der Waals surface area (Å²) in [5.74, 6) is 0. The fourth-order valence-electron chi connectivity index (χ4n) is 1.62. The summed E-state index contributed by atoms with van der Waals surface area (Å²) >= 11 is 0. The average Bonchev–Trinajstić information content (AvgIpc) is 2.22. The van der Waals surface area contributed by atoms with Gasteiger partial charge < -0.3 is 5.32 Å². The number of nitrogens with one attached hydrogen (secondary N) is 1. The van der Waals surface area contributed by atoms with E-state index in [9.17, 15) is 13.2 Å². The standard InChI is InChI=1S/C14H20F3N/c1-13(2,3)18-10-4-5-11-6-8-12(9-7-11)14(15,16)17/h6-9,18H,4-5,10H2,1-3H3. The van der Waals surface area contributed by atoms with Crippen molar-refractivity contribution in [1.29, 1.82) is 0 Å². The maximum atomic E-state index is 12.3. The maximum Gasteiger partial charge on any atom is 0.416 e. The highest BCUT2D eigenvalue weighted by Crippen LogP contribution is 2.29. The van der Waals surface area contributed by atoms with Gasteiger partial charge in [-0.2, -0.15) is 13.2 Å². The Morgan fingerprint density at radius 3 is 2.00 bits per heavy atom. The highest BCUT2D eigenvalue weighted by Gasteiger charge is 2.29. The van der Waals surface area contributed by atoms with Crippen molar-refractivity contribution in [1.82, 2.24) is 5.32 Å². The average molecular weight is 259 g/mol. The van der Waals surface area contributed by atoms with E-state index >= 15 is 0 Å². The number of rotatable bonds is 4. The summed E-state index contributed by atoms with van der Waals surface area (Å²) in [6.45, 7) is 7.13. The van der Waals surface area contributed by atoms with Crippen molar-refractivity contribution >= 4 is 0 Å². The molecule has 0 saturated heterocycles. The van der Waals surface area contributed by atoms with Gasteiger partial charge in [0.2, 0.25) is 0 Å². The van der Waals surface area contributed by atoms with Crippen LogP contribution in [0.1, 0.15) is 38.3 Å². The minimum atomic E-state index is -4.24. The van der Waals surface area contributed by atoms with Crippen LogP contribution in [-0.4, -0.2) is 12.1 Å². The van der Waals surface area contributed by atoms with Crippen LogP contribution in [0.3, 0.4) is 0 Å². The molecule has 0 spiro atoms. The zero-order valence-corrected chi connectivity index (χ0v) is 11.1. The van der Waals surface area contributed by atoms with Gasteiger partial charge in [0.05, 0.1) is 5.56 Å². The van der Waals surface area contributed by atoms with Crippen LogP contribution in [0.25, 0.3) is 0 Å². The quantitative estimate of drug-likeness (QED) is 0.805. The van der Waals surface area contributed by atoms with E-state index in [0.29, 0.717) is 0 Å². The normalized spacial score (nSPS) is 12.8. The van der Waals surface area contributed by atoms with E-state index in [1.807, 2.05) is 0 Å². The Morgan fingerprint density at radius 2 is 1.56 bits per heavy atom. The fraction of sp³-hybridized carbons (Fsp3) is 0.571. The number of hydrogen-bond donors (Lipinski definition) is 1.